The minimum absolute atomic E-state index is 0.0954. The lowest BCUT2D eigenvalue weighted by atomic mass is 9.81. The molecule has 2 unspecified atom stereocenters. The van der Waals surface area contributed by atoms with Crippen molar-refractivity contribution in [1.82, 2.24) is 15.1 Å². The molecule has 1 aromatic heterocycles. The molecule has 1 aromatic rings. The lowest BCUT2D eigenvalue weighted by Gasteiger charge is -2.35. The second kappa shape index (κ2) is 7.43. The summed E-state index contributed by atoms with van der Waals surface area (Å²) in [6, 6.07) is 0.0954. The number of nitrogens with one attached hydrogen (secondary N) is 1. The Morgan fingerprint density at radius 1 is 1.45 bits per heavy atom. The zero-order valence-electron chi connectivity index (χ0n) is 12.7. The molecular formula is C15H26ClN3O. The maximum absolute atomic E-state index is 6.32. The molecule has 1 aliphatic rings. The summed E-state index contributed by atoms with van der Waals surface area (Å²) in [4.78, 5) is 0. The van der Waals surface area contributed by atoms with Gasteiger partial charge in [0.05, 0.1) is 29.1 Å². The SMILES string of the molecule is CCOC(C1CCCCC1)C(NC)c1c(Cl)cnn1C. The first-order chi connectivity index (χ1) is 9.69. The van der Waals surface area contributed by atoms with Crippen molar-refractivity contribution in [3.63, 3.8) is 0 Å². The Morgan fingerprint density at radius 2 is 2.15 bits per heavy atom. The number of nitrogens with zero attached hydrogens (tertiary/aromatic N) is 2. The van der Waals surface area contributed by atoms with Gasteiger partial charge in [-0.1, -0.05) is 30.9 Å². The molecule has 0 spiro atoms. The molecule has 1 fully saturated rings. The Morgan fingerprint density at radius 3 is 2.65 bits per heavy atom. The fourth-order valence-electron chi connectivity index (χ4n) is 3.39. The molecule has 1 aliphatic carbocycles. The van der Waals surface area contributed by atoms with Gasteiger partial charge in [-0.2, -0.15) is 5.10 Å². The molecule has 5 heteroatoms. The van der Waals surface area contributed by atoms with E-state index in [1.807, 2.05) is 18.8 Å². The molecule has 2 rings (SSSR count). The van der Waals surface area contributed by atoms with Crippen LogP contribution < -0.4 is 5.32 Å². The highest BCUT2D eigenvalue weighted by Gasteiger charge is 2.34. The highest BCUT2D eigenvalue weighted by Crippen LogP contribution is 2.36. The lowest BCUT2D eigenvalue weighted by molar-refractivity contribution is -0.0183. The number of rotatable bonds is 6. The second-order valence-corrected chi connectivity index (χ2v) is 5.99. The Kier molecular flexibility index (Phi) is 5.87. The summed E-state index contributed by atoms with van der Waals surface area (Å²) in [6.45, 7) is 2.79. The molecule has 2 atom stereocenters. The van der Waals surface area contributed by atoms with Gasteiger partial charge in [0.25, 0.3) is 0 Å². The fourth-order valence-corrected chi connectivity index (χ4v) is 3.67. The van der Waals surface area contributed by atoms with E-state index in [1.165, 1.54) is 32.1 Å². The van der Waals surface area contributed by atoms with Crippen LogP contribution in [0.1, 0.15) is 50.8 Å². The van der Waals surface area contributed by atoms with Crippen LogP contribution in [0.3, 0.4) is 0 Å². The Balaban J connectivity index is 2.24. The average Bonchev–Trinajstić information content (AvgIpc) is 2.80. The van der Waals surface area contributed by atoms with E-state index >= 15 is 0 Å². The van der Waals surface area contributed by atoms with Gasteiger partial charge in [-0.15, -0.1) is 0 Å². The topological polar surface area (TPSA) is 39.1 Å². The molecule has 0 saturated heterocycles. The molecule has 1 heterocycles. The Bertz CT molecular complexity index is 396. The van der Waals surface area contributed by atoms with Gasteiger partial charge in [0.15, 0.2) is 0 Å². The molecule has 0 aliphatic heterocycles. The van der Waals surface area contributed by atoms with E-state index in [0.717, 1.165) is 12.3 Å². The van der Waals surface area contributed by atoms with Crippen LogP contribution in [-0.4, -0.2) is 29.5 Å². The molecule has 0 radical (unpaired) electrons. The number of halogens is 1. The predicted molar refractivity (Wildman–Crippen MR) is 82.0 cm³/mol. The lowest BCUT2D eigenvalue weighted by Crippen LogP contribution is -2.39. The van der Waals surface area contributed by atoms with Crippen molar-refractivity contribution in [2.24, 2.45) is 13.0 Å². The van der Waals surface area contributed by atoms with Gasteiger partial charge >= 0.3 is 0 Å². The van der Waals surface area contributed by atoms with Crippen LogP contribution in [0.15, 0.2) is 6.20 Å². The number of likely N-dealkylation sites (N-methyl/N-ethyl adjacent to an activating group) is 1. The van der Waals surface area contributed by atoms with Gasteiger partial charge in [0.2, 0.25) is 0 Å². The second-order valence-electron chi connectivity index (χ2n) is 5.59. The third-order valence-corrected chi connectivity index (χ3v) is 4.64. The third kappa shape index (κ3) is 3.35. The quantitative estimate of drug-likeness (QED) is 0.876. The maximum atomic E-state index is 6.32. The van der Waals surface area contributed by atoms with Gasteiger partial charge < -0.3 is 10.1 Å². The summed E-state index contributed by atoms with van der Waals surface area (Å²) in [7, 11) is 3.91. The van der Waals surface area contributed by atoms with Crippen molar-refractivity contribution in [1.29, 1.82) is 0 Å². The standard InChI is InChI=1S/C15H26ClN3O/c1-4-20-15(11-8-6-5-7-9-11)13(17-2)14-12(16)10-18-19(14)3/h10-11,13,15,17H,4-9H2,1-3H3. The molecule has 114 valence electrons. The molecule has 0 bridgehead atoms. The molecule has 0 amide bonds. The van der Waals surface area contributed by atoms with Crippen molar-refractivity contribution < 1.29 is 4.74 Å². The molecule has 0 aromatic carbocycles. The first kappa shape index (κ1) is 15.8. The van der Waals surface area contributed by atoms with Crippen molar-refractivity contribution in [2.75, 3.05) is 13.7 Å². The van der Waals surface area contributed by atoms with Crippen molar-refractivity contribution in [2.45, 2.75) is 51.2 Å². The third-order valence-electron chi connectivity index (χ3n) is 4.35. The minimum atomic E-state index is 0.0954. The smallest absolute Gasteiger partial charge is 0.0835 e. The zero-order chi connectivity index (χ0) is 14.5. The minimum Gasteiger partial charge on any atom is -0.376 e. The monoisotopic (exact) mass is 299 g/mol. The van der Waals surface area contributed by atoms with Crippen LogP contribution in [0.2, 0.25) is 5.02 Å². The number of aromatic nitrogens is 2. The van der Waals surface area contributed by atoms with Gasteiger partial charge in [0, 0.05) is 13.7 Å². The highest BCUT2D eigenvalue weighted by molar-refractivity contribution is 6.31. The first-order valence-electron chi connectivity index (χ1n) is 7.65. The van der Waals surface area contributed by atoms with Crippen LogP contribution in [0.5, 0.6) is 0 Å². The van der Waals surface area contributed by atoms with Crippen molar-refractivity contribution in [3.05, 3.63) is 16.9 Å². The largest absolute Gasteiger partial charge is 0.376 e. The summed E-state index contributed by atoms with van der Waals surface area (Å²) in [5.74, 6) is 0.604. The number of hydrogen-bond donors (Lipinski definition) is 1. The molecular weight excluding hydrogens is 274 g/mol. The van der Waals surface area contributed by atoms with Crippen LogP contribution in [0.25, 0.3) is 0 Å². The number of hydrogen-bond acceptors (Lipinski definition) is 3. The maximum Gasteiger partial charge on any atom is 0.0835 e. The van der Waals surface area contributed by atoms with E-state index in [4.69, 9.17) is 16.3 Å². The van der Waals surface area contributed by atoms with E-state index < -0.39 is 0 Å². The van der Waals surface area contributed by atoms with Gasteiger partial charge in [0.1, 0.15) is 0 Å². The first-order valence-corrected chi connectivity index (χ1v) is 8.03. The Labute approximate surface area is 126 Å². The van der Waals surface area contributed by atoms with E-state index in [0.29, 0.717) is 10.9 Å². The van der Waals surface area contributed by atoms with Gasteiger partial charge in [-0.05, 0) is 32.7 Å². The Hall–Kier alpha value is -0.580. The van der Waals surface area contributed by atoms with E-state index in [-0.39, 0.29) is 12.1 Å². The molecule has 1 N–H and O–H groups in total. The van der Waals surface area contributed by atoms with Crippen molar-refractivity contribution in [3.8, 4) is 0 Å². The summed E-state index contributed by atoms with van der Waals surface area (Å²) >= 11 is 6.32. The van der Waals surface area contributed by atoms with E-state index in [1.54, 1.807) is 6.20 Å². The predicted octanol–water partition coefficient (Wildman–Crippen LogP) is 3.32. The van der Waals surface area contributed by atoms with E-state index in [2.05, 4.69) is 17.3 Å². The molecule has 1 saturated carbocycles. The van der Waals surface area contributed by atoms with Crippen LogP contribution in [-0.2, 0) is 11.8 Å². The summed E-state index contributed by atoms with van der Waals surface area (Å²) in [5, 5.41) is 8.38. The normalized spacial score (nSPS) is 20.0. The van der Waals surface area contributed by atoms with Gasteiger partial charge in [-0.25, -0.2) is 0 Å². The van der Waals surface area contributed by atoms with E-state index in [9.17, 15) is 0 Å². The number of ether oxygens (including phenoxy) is 1. The van der Waals surface area contributed by atoms with Gasteiger partial charge in [-0.3, -0.25) is 4.68 Å². The average molecular weight is 300 g/mol. The number of aryl methyl sites for hydroxylation is 1. The summed E-state index contributed by atoms with van der Waals surface area (Å²) in [6.07, 6.45) is 8.35. The van der Waals surface area contributed by atoms with Crippen LogP contribution in [0, 0.1) is 5.92 Å². The van der Waals surface area contributed by atoms with Crippen LogP contribution >= 0.6 is 11.6 Å². The fraction of sp³-hybridized carbons (Fsp3) is 0.800. The molecule has 20 heavy (non-hydrogen) atoms. The highest BCUT2D eigenvalue weighted by atomic mass is 35.5. The van der Waals surface area contributed by atoms with Crippen molar-refractivity contribution >= 4 is 11.6 Å². The summed E-state index contributed by atoms with van der Waals surface area (Å²) < 4.78 is 7.97. The zero-order valence-corrected chi connectivity index (χ0v) is 13.5. The molecule has 4 nitrogen and oxygen atoms in total. The summed E-state index contributed by atoms with van der Waals surface area (Å²) in [5.41, 5.74) is 1.03. The van der Waals surface area contributed by atoms with Crippen LogP contribution in [0.4, 0.5) is 0 Å².